The Labute approximate surface area is 160 Å². The molecule has 4 aromatic rings. The number of hydrogen-bond donors (Lipinski definition) is 0. The maximum Gasteiger partial charge on any atom is 0.167 e. The highest BCUT2D eigenvalue weighted by atomic mass is 16.5. The van der Waals surface area contributed by atoms with Crippen molar-refractivity contribution in [2.75, 3.05) is 14.2 Å². The van der Waals surface area contributed by atoms with Crippen LogP contribution in [0.3, 0.4) is 0 Å². The summed E-state index contributed by atoms with van der Waals surface area (Å²) in [6.07, 6.45) is 1.54. The average molecular weight is 378 g/mol. The van der Waals surface area contributed by atoms with E-state index in [1.165, 1.54) is 28.1 Å². The molecule has 0 spiro atoms. The van der Waals surface area contributed by atoms with Gasteiger partial charge in [0.2, 0.25) is 0 Å². The number of rotatable bonds is 5. The van der Waals surface area contributed by atoms with Gasteiger partial charge < -0.3 is 18.3 Å². The standard InChI is InChI=1S/C22H18O6/c1-11(23)19-16(25-3)7-5-13-9-18(28-21(13)19)15-10-27-22-14(15)6-8-17(26-4)20(22)12(2)24/h5-10H,1-4H3. The van der Waals surface area contributed by atoms with E-state index in [0.29, 0.717) is 45.1 Å². The maximum atomic E-state index is 12.1. The van der Waals surface area contributed by atoms with E-state index in [1.54, 1.807) is 18.4 Å². The molecule has 0 aliphatic rings. The van der Waals surface area contributed by atoms with E-state index >= 15 is 0 Å². The third kappa shape index (κ3) is 2.57. The fourth-order valence-corrected chi connectivity index (χ4v) is 3.50. The van der Waals surface area contributed by atoms with Gasteiger partial charge in [-0.15, -0.1) is 0 Å². The van der Waals surface area contributed by atoms with Crippen LogP contribution in [0, 0.1) is 0 Å². The lowest BCUT2D eigenvalue weighted by Crippen LogP contribution is -1.97. The molecule has 0 N–H and O–H groups in total. The van der Waals surface area contributed by atoms with Crippen LogP contribution in [0.15, 0.2) is 45.4 Å². The fraction of sp³-hybridized carbons (Fsp3) is 0.182. The van der Waals surface area contributed by atoms with Crippen molar-refractivity contribution in [2.24, 2.45) is 0 Å². The summed E-state index contributed by atoms with van der Waals surface area (Å²) in [7, 11) is 3.02. The summed E-state index contributed by atoms with van der Waals surface area (Å²) in [5.41, 5.74) is 2.35. The van der Waals surface area contributed by atoms with Gasteiger partial charge in [0.05, 0.1) is 19.8 Å². The SMILES string of the molecule is COc1ccc2cc(-c3coc4c(C(C)=O)c(OC)ccc34)oc2c1C(C)=O. The minimum atomic E-state index is -0.156. The molecular weight excluding hydrogens is 360 g/mol. The highest BCUT2D eigenvalue weighted by Gasteiger charge is 2.22. The van der Waals surface area contributed by atoms with Crippen molar-refractivity contribution in [3.8, 4) is 22.8 Å². The normalized spacial score (nSPS) is 11.1. The van der Waals surface area contributed by atoms with Crippen molar-refractivity contribution in [2.45, 2.75) is 13.8 Å². The van der Waals surface area contributed by atoms with Gasteiger partial charge in [0.1, 0.15) is 45.8 Å². The van der Waals surface area contributed by atoms with Crippen LogP contribution in [-0.4, -0.2) is 25.8 Å². The van der Waals surface area contributed by atoms with E-state index in [2.05, 4.69) is 0 Å². The number of hydrogen-bond acceptors (Lipinski definition) is 6. The van der Waals surface area contributed by atoms with Gasteiger partial charge in [-0.3, -0.25) is 9.59 Å². The van der Waals surface area contributed by atoms with Crippen molar-refractivity contribution in [3.63, 3.8) is 0 Å². The van der Waals surface area contributed by atoms with Gasteiger partial charge in [-0.05, 0) is 44.2 Å². The smallest absolute Gasteiger partial charge is 0.167 e. The molecule has 6 nitrogen and oxygen atoms in total. The summed E-state index contributed by atoms with van der Waals surface area (Å²) < 4.78 is 22.3. The molecular formula is C22H18O6. The van der Waals surface area contributed by atoms with E-state index in [1.807, 2.05) is 18.2 Å². The van der Waals surface area contributed by atoms with Crippen LogP contribution in [0.4, 0.5) is 0 Å². The number of fused-ring (bicyclic) bond motifs is 2. The van der Waals surface area contributed by atoms with E-state index in [9.17, 15) is 9.59 Å². The van der Waals surface area contributed by atoms with Gasteiger partial charge in [0.25, 0.3) is 0 Å². The Morgan fingerprint density at radius 1 is 0.857 bits per heavy atom. The molecule has 0 amide bonds. The minimum absolute atomic E-state index is 0.149. The third-order valence-corrected chi connectivity index (χ3v) is 4.76. The molecule has 0 saturated heterocycles. The van der Waals surface area contributed by atoms with Crippen molar-refractivity contribution in [1.29, 1.82) is 0 Å². The summed E-state index contributed by atoms with van der Waals surface area (Å²) in [5.74, 6) is 1.14. The number of Topliss-reactive ketones (excluding diaryl/α,β-unsaturated/α-hetero) is 2. The van der Waals surface area contributed by atoms with E-state index in [-0.39, 0.29) is 11.6 Å². The van der Waals surface area contributed by atoms with E-state index in [0.717, 1.165) is 10.8 Å². The van der Waals surface area contributed by atoms with Crippen molar-refractivity contribution < 1.29 is 27.9 Å². The number of ketones is 2. The first-order chi connectivity index (χ1) is 13.5. The van der Waals surface area contributed by atoms with Gasteiger partial charge in [-0.25, -0.2) is 0 Å². The van der Waals surface area contributed by atoms with Gasteiger partial charge in [-0.2, -0.15) is 0 Å². The first kappa shape index (κ1) is 17.9. The summed E-state index contributed by atoms with van der Waals surface area (Å²) in [6.45, 7) is 2.93. The molecule has 4 rings (SSSR count). The molecule has 2 aromatic heterocycles. The molecule has 0 fully saturated rings. The predicted molar refractivity (Wildman–Crippen MR) is 105 cm³/mol. The van der Waals surface area contributed by atoms with Crippen LogP contribution in [0.1, 0.15) is 34.6 Å². The third-order valence-electron chi connectivity index (χ3n) is 4.76. The number of methoxy groups -OCH3 is 2. The first-order valence-electron chi connectivity index (χ1n) is 8.67. The van der Waals surface area contributed by atoms with Gasteiger partial charge >= 0.3 is 0 Å². The van der Waals surface area contributed by atoms with Crippen molar-refractivity contribution >= 4 is 33.5 Å². The van der Waals surface area contributed by atoms with Gasteiger partial charge in [0.15, 0.2) is 11.6 Å². The lowest BCUT2D eigenvalue weighted by molar-refractivity contribution is 0.100. The molecule has 6 heteroatoms. The minimum Gasteiger partial charge on any atom is -0.496 e. The summed E-state index contributed by atoms with van der Waals surface area (Å²) >= 11 is 0. The average Bonchev–Trinajstić information content (AvgIpc) is 3.29. The molecule has 0 unspecified atom stereocenters. The zero-order valence-electron chi connectivity index (χ0n) is 15.9. The lowest BCUT2D eigenvalue weighted by atomic mass is 10.0. The highest BCUT2D eigenvalue weighted by Crippen LogP contribution is 2.40. The monoisotopic (exact) mass is 378 g/mol. The van der Waals surface area contributed by atoms with Crippen LogP contribution in [-0.2, 0) is 0 Å². The molecule has 0 bridgehead atoms. The Morgan fingerprint density at radius 3 is 2.07 bits per heavy atom. The van der Waals surface area contributed by atoms with Gasteiger partial charge in [0, 0.05) is 10.8 Å². The fourth-order valence-electron chi connectivity index (χ4n) is 3.50. The lowest BCUT2D eigenvalue weighted by Gasteiger charge is -2.06. The molecule has 28 heavy (non-hydrogen) atoms. The van der Waals surface area contributed by atoms with Crippen LogP contribution < -0.4 is 9.47 Å². The molecule has 0 aliphatic heterocycles. The Morgan fingerprint density at radius 2 is 1.46 bits per heavy atom. The van der Waals surface area contributed by atoms with Crippen LogP contribution in [0.5, 0.6) is 11.5 Å². The largest absolute Gasteiger partial charge is 0.496 e. The number of carbonyl (C=O) groups excluding carboxylic acids is 2. The Balaban J connectivity index is 1.97. The van der Waals surface area contributed by atoms with E-state index in [4.69, 9.17) is 18.3 Å². The van der Waals surface area contributed by atoms with E-state index < -0.39 is 0 Å². The molecule has 0 aliphatic carbocycles. The summed E-state index contributed by atoms with van der Waals surface area (Å²) in [6, 6.07) is 8.96. The second-order valence-corrected chi connectivity index (χ2v) is 6.45. The Hall–Kier alpha value is -3.54. The zero-order chi connectivity index (χ0) is 20.0. The zero-order valence-corrected chi connectivity index (χ0v) is 15.9. The second kappa shape index (κ2) is 6.56. The molecule has 0 saturated carbocycles. The summed E-state index contributed by atoms with van der Waals surface area (Å²) in [4.78, 5) is 24.2. The number of furan rings is 2. The molecule has 0 radical (unpaired) electrons. The van der Waals surface area contributed by atoms with Crippen LogP contribution in [0.25, 0.3) is 33.3 Å². The van der Waals surface area contributed by atoms with Crippen LogP contribution >= 0.6 is 0 Å². The van der Waals surface area contributed by atoms with Crippen molar-refractivity contribution in [3.05, 3.63) is 47.7 Å². The molecule has 2 aromatic carbocycles. The number of ether oxygens (including phenoxy) is 2. The maximum absolute atomic E-state index is 12.1. The van der Waals surface area contributed by atoms with Gasteiger partial charge in [-0.1, -0.05) is 0 Å². The molecule has 142 valence electrons. The Kier molecular flexibility index (Phi) is 4.19. The Bertz CT molecular complexity index is 1240. The van der Waals surface area contributed by atoms with Crippen LogP contribution in [0.2, 0.25) is 0 Å². The number of carbonyl (C=O) groups is 2. The predicted octanol–water partition coefficient (Wildman–Crippen LogP) is 5.27. The molecule has 0 atom stereocenters. The highest BCUT2D eigenvalue weighted by molar-refractivity contribution is 6.11. The summed E-state index contributed by atoms with van der Waals surface area (Å²) in [5, 5.41) is 1.50. The first-order valence-corrected chi connectivity index (χ1v) is 8.67. The topological polar surface area (TPSA) is 78.9 Å². The quantitative estimate of drug-likeness (QED) is 0.440. The molecule has 2 heterocycles. The number of benzene rings is 2. The second-order valence-electron chi connectivity index (χ2n) is 6.45. The van der Waals surface area contributed by atoms with Crippen molar-refractivity contribution in [1.82, 2.24) is 0 Å².